The molecule has 3 N–H and O–H groups in total. The first-order valence-electron chi connectivity index (χ1n) is 10.3. The standard InChI is InChI=1S/C22H24FN3O3S/c1-10-16(15-8-12-7-11(9-24)3-6-14(12)30-15)18(23)20(29-2)17-19(10)26(13-4-5-13)22(28)25-21(17)27/h8,11,13H,3-7,9,24H2,1-2H3,(H,25,27,28). The first-order valence-corrected chi connectivity index (χ1v) is 11.1. The van der Waals surface area contributed by atoms with E-state index in [4.69, 9.17) is 10.5 Å². The van der Waals surface area contributed by atoms with Gasteiger partial charge in [0.2, 0.25) is 0 Å². The number of aryl methyl sites for hydroxylation is 2. The van der Waals surface area contributed by atoms with Gasteiger partial charge in [0.05, 0.1) is 12.6 Å². The predicted octanol–water partition coefficient (Wildman–Crippen LogP) is 3.27. The minimum Gasteiger partial charge on any atom is -0.493 e. The molecule has 5 rings (SSSR count). The number of hydrogen-bond donors (Lipinski definition) is 2. The minimum absolute atomic E-state index is 0.0282. The predicted molar refractivity (Wildman–Crippen MR) is 116 cm³/mol. The van der Waals surface area contributed by atoms with Crippen LogP contribution in [0.3, 0.4) is 0 Å². The second-order valence-corrected chi connectivity index (χ2v) is 9.47. The zero-order valence-electron chi connectivity index (χ0n) is 17.0. The molecular formula is C22H24FN3O3S. The first kappa shape index (κ1) is 19.5. The van der Waals surface area contributed by atoms with Crippen molar-refractivity contribution in [1.29, 1.82) is 0 Å². The summed E-state index contributed by atoms with van der Waals surface area (Å²) in [5.74, 6) is -0.203. The van der Waals surface area contributed by atoms with Crippen LogP contribution < -0.4 is 21.7 Å². The van der Waals surface area contributed by atoms with Gasteiger partial charge in [-0.2, -0.15) is 0 Å². The van der Waals surface area contributed by atoms with Crippen molar-refractivity contribution < 1.29 is 9.13 Å². The topological polar surface area (TPSA) is 90.1 Å². The number of fused-ring (bicyclic) bond motifs is 2. The van der Waals surface area contributed by atoms with E-state index < -0.39 is 17.1 Å². The van der Waals surface area contributed by atoms with Gasteiger partial charge in [-0.05, 0) is 68.7 Å². The van der Waals surface area contributed by atoms with Crippen LogP contribution in [0.4, 0.5) is 4.39 Å². The highest BCUT2D eigenvalue weighted by Crippen LogP contribution is 2.45. The first-order chi connectivity index (χ1) is 14.4. The van der Waals surface area contributed by atoms with Gasteiger partial charge in [-0.15, -0.1) is 11.3 Å². The lowest BCUT2D eigenvalue weighted by Gasteiger charge is -2.19. The number of methoxy groups -OCH3 is 1. The van der Waals surface area contributed by atoms with E-state index in [0.717, 1.165) is 37.0 Å². The molecule has 1 aromatic carbocycles. The van der Waals surface area contributed by atoms with E-state index in [-0.39, 0.29) is 17.2 Å². The number of benzene rings is 1. The van der Waals surface area contributed by atoms with E-state index >= 15 is 4.39 Å². The van der Waals surface area contributed by atoms with Gasteiger partial charge in [0.25, 0.3) is 5.56 Å². The fraction of sp³-hybridized carbons (Fsp3) is 0.455. The summed E-state index contributed by atoms with van der Waals surface area (Å²) in [7, 11) is 1.36. The minimum atomic E-state index is -0.617. The number of aromatic nitrogens is 2. The number of nitrogens with zero attached hydrogens (tertiary/aromatic N) is 1. The van der Waals surface area contributed by atoms with Crippen molar-refractivity contribution in [3.8, 4) is 16.2 Å². The molecule has 1 saturated carbocycles. The fourth-order valence-corrected chi connectivity index (χ4v) is 6.03. The molecule has 3 aromatic rings. The van der Waals surface area contributed by atoms with E-state index in [1.54, 1.807) is 22.8 Å². The van der Waals surface area contributed by atoms with Gasteiger partial charge in [0.15, 0.2) is 11.6 Å². The molecule has 0 bridgehead atoms. The van der Waals surface area contributed by atoms with Gasteiger partial charge in [-0.3, -0.25) is 14.3 Å². The van der Waals surface area contributed by atoms with Crippen LogP contribution in [0.25, 0.3) is 21.3 Å². The van der Waals surface area contributed by atoms with Gasteiger partial charge in [-0.1, -0.05) is 0 Å². The Balaban J connectivity index is 1.82. The second-order valence-electron chi connectivity index (χ2n) is 8.33. The highest BCUT2D eigenvalue weighted by Gasteiger charge is 2.32. The summed E-state index contributed by atoms with van der Waals surface area (Å²) in [5, 5.41) is 0.104. The van der Waals surface area contributed by atoms with E-state index in [2.05, 4.69) is 4.98 Å². The van der Waals surface area contributed by atoms with E-state index in [1.807, 2.05) is 6.07 Å². The van der Waals surface area contributed by atoms with Crippen molar-refractivity contribution in [3.05, 3.63) is 48.7 Å². The van der Waals surface area contributed by atoms with Crippen LogP contribution in [0.1, 0.15) is 41.3 Å². The number of H-pyrrole nitrogens is 1. The van der Waals surface area contributed by atoms with Crippen molar-refractivity contribution in [2.75, 3.05) is 13.7 Å². The molecule has 2 heterocycles. The molecule has 0 amide bonds. The zero-order chi connectivity index (χ0) is 21.2. The lowest BCUT2D eigenvalue weighted by atomic mass is 9.88. The smallest absolute Gasteiger partial charge is 0.329 e. The second kappa shape index (κ2) is 7.06. The van der Waals surface area contributed by atoms with Crippen LogP contribution in [0, 0.1) is 18.7 Å². The van der Waals surface area contributed by atoms with Crippen molar-refractivity contribution in [1.82, 2.24) is 9.55 Å². The van der Waals surface area contributed by atoms with Crippen LogP contribution in [0.5, 0.6) is 5.75 Å². The van der Waals surface area contributed by atoms with Crippen LogP contribution in [0.15, 0.2) is 15.7 Å². The Labute approximate surface area is 176 Å². The van der Waals surface area contributed by atoms with Crippen LogP contribution in [-0.4, -0.2) is 23.2 Å². The van der Waals surface area contributed by atoms with Gasteiger partial charge in [-0.25, -0.2) is 9.18 Å². The summed E-state index contributed by atoms with van der Waals surface area (Å²) in [6.07, 6.45) is 4.62. The molecule has 158 valence electrons. The molecule has 0 aliphatic heterocycles. The van der Waals surface area contributed by atoms with Gasteiger partial charge in [0.1, 0.15) is 5.39 Å². The Hall–Kier alpha value is -2.45. The molecule has 0 radical (unpaired) electrons. The molecule has 0 saturated heterocycles. The van der Waals surface area contributed by atoms with Gasteiger partial charge in [0, 0.05) is 21.4 Å². The maximum absolute atomic E-state index is 15.7. The quantitative estimate of drug-likeness (QED) is 0.666. The number of rotatable bonds is 4. The molecular weight excluding hydrogens is 405 g/mol. The number of thiophene rings is 1. The zero-order valence-corrected chi connectivity index (χ0v) is 17.8. The summed E-state index contributed by atoms with van der Waals surface area (Å²) in [4.78, 5) is 29.7. The maximum Gasteiger partial charge on any atom is 0.329 e. The fourth-order valence-electron chi connectivity index (χ4n) is 4.72. The molecule has 2 aliphatic carbocycles. The van der Waals surface area contributed by atoms with E-state index in [1.165, 1.54) is 17.6 Å². The molecule has 0 spiro atoms. The Morgan fingerprint density at radius 1 is 1.33 bits per heavy atom. The molecule has 6 nitrogen and oxygen atoms in total. The summed E-state index contributed by atoms with van der Waals surface area (Å²) in [5.41, 5.74) is 7.52. The van der Waals surface area contributed by atoms with Crippen molar-refractivity contribution in [3.63, 3.8) is 0 Å². The lowest BCUT2D eigenvalue weighted by molar-refractivity contribution is 0.392. The Kier molecular flexibility index (Phi) is 4.59. The highest BCUT2D eigenvalue weighted by molar-refractivity contribution is 7.15. The van der Waals surface area contributed by atoms with Gasteiger partial charge < -0.3 is 10.5 Å². The SMILES string of the molecule is COc1c(F)c(-c2cc3c(s2)CCC(CN)C3)c(C)c2c1c(=O)[nH]c(=O)n2C1CC1. The highest BCUT2D eigenvalue weighted by atomic mass is 32.1. The van der Waals surface area contributed by atoms with E-state index in [9.17, 15) is 9.59 Å². The molecule has 1 atom stereocenters. The third kappa shape index (κ3) is 2.85. The summed E-state index contributed by atoms with van der Waals surface area (Å²) >= 11 is 1.59. The number of halogens is 1. The average molecular weight is 430 g/mol. The van der Waals surface area contributed by atoms with Crippen LogP contribution in [0.2, 0.25) is 0 Å². The van der Waals surface area contributed by atoms with Crippen LogP contribution in [-0.2, 0) is 12.8 Å². The third-order valence-electron chi connectivity index (χ3n) is 6.40. The molecule has 8 heteroatoms. The molecule has 1 fully saturated rings. The number of nitrogens with one attached hydrogen (secondary N) is 1. The largest absolute Gasteiger partial charge is 0.493 e. The molecule has 2 aliphatic rings. The monoisotopic (exact) mass is 429 g/mol. The number of ether oxygens (including phenoxy) is 1. The average Bonchev–Trinajstić information content (AvgIpc) is 3.47. The normalized spacial score (nSPS) is 18.6. The molecule has 2 aromatic heterocycles. The number of nitrogens with two attached hydrogens (primary N) is 1. The number of hydrogen-bond acceptors (Lipinski definition) is 5. The van der Waals surface area contributed by atoms with Crippen LogP contribution >= 0.6 is 11.3 Å². The molecule has 30 heavy (non-hydrogen) atoms. The van der Waals surface area contributed by atoms with Crippen molar-refractivity contribution >= 4 is 22.2 Å². The maximum atomic E-state index is 15.7. The van der Waals surface area contributed by atoms with Crippen molar-refractivity contribution in [2.45, 2.75) is 45.1 Å². The number of aromatic amines is 1. The Bertz CT molecular complexity index is 1290. The Morgan fingerprint density at radius 2 is 2.10 bits per heavy atom. The van der Waals surface area contributed by atoms with E-state index in [0.29, 0.717) is 29.1 Å². The molecule has 1 unspecified atom stereocenters. The summed E-state index contributed by atoms with van der Waals surface area (Å²) < 4.78 is 22.7. The third-order valence-corrected chi connectivity index (χ3v) is 7.66. The summed E-state index contributed by atoms with van der Waals surface area (Å²) in [6.45, 7) is 2.44. The lowest BCUT2D eigenvalue weighted by Crippen LogP contribution is -2.31. The Morgan fingerprint density at radius 3 is 2.77 bits per heavy atom. The van der Waals surface area contributed by atoms with Crippen molar-refractivity contribution in [2.24, 2.45) is 11.7 Å². The summed E-state index contributed by atoms with van der Waals surface area (Å²) in [6, 6.07) is 2.08. The van der Waals surface area contributed by atoms with Gasteiger partial charge >= 0.3 is 5.69 Å².